The number of halogens is 6. The molecule has 7 nitrogen and oxygen atoms in total. The van der Waals surface area contributed by atoms with E-state index in [-0.39, 0.29) is 39.4 Å². The number of hydrogen-bond donors (Lipinski definition) is 0. The Morgan fingerprint density at radius 2 is 1.87 bits per heavy atom. The lowest BCUT2D eigenvalue weighted by atomic mass is 9.95. The molecule has 0 amide bonds. The number of rotatable bonds is 8. The second-order valence-electron chi connectivity index (χ2n) is 9.52. The van der Waals surface area contributed by atoms with Crippen molar-refractivity contribution in [1.82, 2.24) is 4.57 Å². The summed E-state index contributed by atoms with van der Waals surface area (Å²) in [6.45, 7) is 1.09. The van der Waals surface area contributed by atoms with Gasteiger partial charge >= 0.3 is 12.1 Å². The number of aromatic nitrogens is 1. The number of benzene rings is 3. The number of alkyl halides is 3. The van der Waals surface area contributed by atoms with E-state index in [4.69, 9.17) is 25.8 Å². The van der Waals surface area contributed by atoms with Crippen LogP contribution in [0.1, 0.15) is 29.7 Å². The summed E-state index contributed by atoms with van der Waals surface area (Å²) in [6, 6.07) is 13.7. The van der Waals surface area contributed by atoms with E-state index >= 15 is 0 Å². The number of esters is 1. The van der Waals surface area contributed by atoms with Crippen LogP contribution >= 0.6 is 45.5 Å². The molecule has 45 heavy (non-hydrogen) atoms. The van der Waals surface area contributed by atoms with Gasteiger partial charge in [-0.25, -0.2) is 14.2 Å². The largest absolute Gasteiger partial charge is 0.493 e. The van der Waals surface area contributed by atoms with Gasteiger partial charge in [0.25, 0.3) is 5.56 Å². The van der Waals surface area contributed by atoms with Crippen molar-refractivity contribution in [3.05, 3.63) is 123 Å². The highest BCUT2D eigenvalue weighted by atomic mass is 127. The molecular weight excluding hydrogens is 751 g/mol. The molecule has 2 heterocycles. The fraction of sp³-hybridized carbons (Fsp3) is 0.194. The molecule has 0 radical (unpaired) electrons. The molecule has 0 saturated carbocycles. The zero-order valence-corrected chi connectivity index (χ0v) is 27.2. The van der Waals surface area contributed by atoms with Crippen molar-refractivity contribution in [2.75, 3.05) is 13.7 Å². The second kappa shape index (κ2) is 13.3. The quantitative estimate of drug-likeness (QED) is 0.119. The van der Waals surface area contributed by atoms with Crippen LogP contribution in [0.4, 0.5) is 17.6 Å². The second-order valence-corrected chi connectivity index (χ2v) is 12.2. The molecule has 234 valence electrons. The Kier molecular flexibility index (Phi) is 9.70. The first-order valence-electron chi connectivity index (χ1n) is 13.2. The summed E-state index contributed by atoms with van der Waals surface area (Å²) < 4.78 is 75.7. The Morgan fingerprint density at radius 3 is 2.51 bits per heavy atom. The van der Waals surface area contributed by atoms with Crippen LogP contribution in [0.3, 0.4) is 0 Å². The maximum atomic E-state index is 14.4. The molecule has 1 aliphatic rings. The van der Waals surface area contributed by atoms with Crippen LogP contribution in [0.2, 0.25) is 5.02 Å². The molecule has 14 heteroatoms. The summed E-state index contributed by atoms with van der Waals surface area (Å²) in [4.78, 5) is 30.5. The molecular formula is C31H22ClF4IN2O5S. The molecule has 1 aliphatic heterocycles. The fourth-order valence-corrected chi connectivity index (χ4v) is 6.45. The normalized spacial score (nSPS) is 15.0. The van der Waals surface area contributed by atoms with E-state index in [9.17, 15) is 27.2 Å². The van der Waals surface area contributed by atoms with Gasteiger partial charge < -0.3 is 14.2 Å². The number of nitrogens with zero attached hydrogens (tertiary/aromatic N) is 2. The smallest absolute Gasteiger partial charge is 0.434 e. The van der Waals surface area contributed by atoms with Crippen LogP contribution in [0.15, 0.2) is 81.7 Å². The molecule has 1 aromatic heterocycles. The highest BCUT2D eigenvalue weighted by Crippen LogP contribution is 2.39. The van der Waals surface area contributed by atoms with Gasteiger partial charge in [-0.2, -0.15) is 13.2 Å². The molecule has 0 fully saturated rings. The minimum atomic E-state index is -5.04. The molecule has 1 atom stereocenters. The highest BCUT2D eigenvalue weighted by molar-refractivity contribution is 14.1. The lowest BCUT2D eigenvalue weighted by Gasteiger charge is -2.26. The summed E-state index contributed by atoms with van der Waals surface area (Å²) in [5.41, 5.74) is -2.17. The van der Waals surface area contributed by atoms with Gasteiger partial charge in [0.2, 0.25) is 0 Å². The number of carbonyl (C=O) groups is 1. The summed E-state index contributed by atoms with van der Waals surface area (Å²) in [5, 5.41) is 0.305. The number of thiazole rings is 1. The van der Waals surface area contributed by atoms with Crippen LogP contribution in [-0.2, 0) is 16.1 Å². The zero-order valence-electron chi connectivity index (χ0n) is 23.5. The number of allylic oxidation sites excluding steroid dienone is 1. The van der Waals surface area contributed by atoms with Gasteiger partial charge in [-0.1, -0.05) is 53.3 Å². The first-order valence-corrected chi connectivity index (χ1v) is 15.5. The van der Waals surface area contributed by atoms with E-state index in [0.717, 1.165) is 4.57 Å². The predicted octanol–water partition coefficient (Wildman–Crippen LogP) is 6.33. The van der Waals surface area contributed by atoms with Gasteiger partial charge in [-0.05, 0) is 71.5 Å². The van der Waals surface area contributed by atoms with Gasteiger partial charge in [-0.3, -0.25) is 9.36 Å². The van der Waals surface area contributed by atoms with Gasteiger partial charge in [0.05, 0.1) is 29.9 Å². The number of carbonyl (C=O) groups excluding carboxylic acids is 1. The fourth-order valence-electron chi connectivity index (χ4n) is 4.71. The van der Waals surface area contributed by atoms with Crippen molar-refractivity contribution in [1.29, 1.82) is 0 Å². The topological polar surface area (TPSA) is 79.1 Å². The van der Waals surface area contributed by atoms with E-state index < -0.39 is 40.8 Å². The maximum Gasteiger partial charge on any atom is 0.434 e. The minimum absolute atomic E-state index is 0.000795. The number of fused-ring (bicyclic) bond motifs is 1. The van der Waals surface area contributed by atoms with Crippen molar-refractivity contribution in [2.24, 2.45) is 4.99 Å². The lowest BCUT2D eigenvalue weighted by Crippen LogP contribution is -2.41. The van der Waals surface area contributed by atoms with Crippen LogP contribution in [-0.4, -0.2) is 30.4 Å². The Morgan fingerprint density at radius 1 is 1.16 bits per heavy atom. The van der Waals surface area contributed by atoms with Crippen LogP contribution in [0.25, 0.3) is 6.08 Å². The summed E-state index contributed by atoms with van der Waals surface area (Å²) in [7, 11) is 1.42. The molecule has 0 bridgehead atoms. The van der Waals surface area contributed by atoms with E-state index in [1.54, 1.807) is 30.3 Å². The minimum Gasteiger partial charge on any atom is -0.493 e. The standard InChI is InChI=1S/C31H22ClF4IN2O5S/c1-3-43-29(41)24-25(16-8-10-19(32)11-9-16)39-28(40)23(45-30(39)38-27(24)31(34,35)36)13-18-12-20(37)14-22(42-2)26(18)44-15-17-6-4-5-7-21(17)33/h4-14,25H,3,15H2,1-2H3/b23-13-/t25-/m0/s1. The van der Waals surface area contributed by atoms with Crippen molar-refractivity contribution >= 4 is 57.6 Å². The highest BCUT2D eigenvalue weighted by Gasteiger charge is 2.45. The Balaban J connectivity index is 1.74. The average molecular weight is 773 g/mol. The lowest BCUT2D eigenvalue weighted by molar-refractivity contribution is -0.140. The number of methoxy groups -OCH3 is 1. The summed E-state index contributed by atoms with van der Waals surface area (Å²) in [6.07, 6.45) is -3.61. The van der Waals surface area contributed by atoms with Crippen molar-refractivity contribution in [2.45, 2.75) is 25.7 Å². The molecule has 0 spiro atoms. The maximum absolute atomic E-state index is 14.4. The summed E-state index contributed by atoms with van der Waals surface area (Å²) in [5.74, 6) is -1.25. The molecule has 3 aromatic carbocycles. The predicted molar refractivity (Wildman–Crippen MR) is 169 cm³/mol. The van der Waals surface area contributed by atoms with Gasteiger partial charge in [0, 0.05) is 19.7 Å². The molecule has 0 aliphatic carbocycles. The van der Waals surface area contributed by atoms with Crippen molar-refractivity contribution in [3.63, 3.8) is 0 Å². The molecule has 5 rings (SSSR count). The van der Waals surface area contributed by atoms with E-state index in [1.807, 2.05) is 22.6 Å². The first-order chi connectivity index (χ1) is 21.4. The van der Waals surface area contributed by atoms with Crippen LogP contribution in [0.5, 0.6) is 11.5 Å². The van der Waals surface area contributed by atoms with Gasteiger partial charge in [0.1, 0.15) is 12.4 Å². The van der Waals surface area contributed by atoms with Crippen molar-refractivity contribution in [3.8, 4) is 11.5 Å². The van der Waals surface area contributed by atoms with E-state index in [0.29, 0.717) is 31.2 Å². The SMILES string of the molecule is CCOC(=O)C1=C(C(F)(F)F)N=c2s/c(=C\c3cc(I)cc(OC)c3OCc3ccccc3F)c(=O)n2[C@H]1c1ccc(Cl)cc1. The Hall–Kier alpha value is -3.69. The molecule has 4 aromatic rings. The van der Waals surface area contributed by atoms with Crippen LogP contribution in [0, 0.1) is 9.39 Å². The average Bonchev–Trinajstić information content (AvgIpc) is 3.30. The monoisotopic (exact) mass is 772 g/mol. The Labute approximate surface area is 276 Å². The van der Waals surface area contributed by atoms with Gasteiger partial charge in [-0.15, -0.1) is 0 Å². The third-order valence-electron chi connectivity index (χ3n) is 6.67. The van der Waals surface area contributed by atoms with Gasteiger partial charge in [0.15, 0.2) is 22.0 Å². The third-order valence-corrected chi connectivity index (χ3v) is 8.52. The number of ether oxygens (including phenoxy) is 3. The first kappa shape index (κ1) is 32.7. The Bertz CT molecular complexity index is 1990. The zero-order chi connectivity index (χ0) is 32.5. The molecule has 0 saturated heterocycles. The van der Waals surface area contributed by atoms with Crippen molar-refractivity contribution < 1.29 is 36.6 Å². The van der Waals surface area contributed by atoms with E-state index in [2.05, 4.69) is 4.99 Å². The molecule has 0 unspecified atom stereocenters. The third kappa shape index (κ3) is 6.79. The van der Waals surface area contributed by atoms with Crippen LogP contribution < -0.4 is 24.4 Å². The molecule has 0 N–H and O–H groups in total. The van der Waals surface area contributed by atoms with E-state index in [1.165, 1.54) is 50.4 Å². The number of hydrogen-bond acceptors (Lipinski definition) is 7. The summed E-state index contributed by atoms with van der Waals surface area (Å²) >= 11 is 8.78.